The SMILES string of the molecule is CCn1ccn(CC2CSc3ccccc32)c1=O. The molecule has 0 amide bonds. The first-order valence-corrected chi connectivity index (χ1v) is 7.25. The van der Waals surface area contributed by atoms with Crippen LogP contribution in [0.2, 0.25) is 0 Å². The molecular weight excluding hydrogens is 244 g/mol. The molecule has 0 fully saturated rings. The van der Waals surface area contributed by atoms with Crippen molar-refractivity contribution in [2.24, 2.45) is 0 Å². The van der Waals surface area contributed by atoms with Crippen LogP contribution in [0.4, 0.5) is 0 Å². The van der Waals surface area contributed by atoms with Crippen molar-refractivity contribution in [3.63, 3.8) is 0 Å². The lowest BCUT2D eigenvalue weighted by Gasteiger charge is -2.10. The second kappa shape index (κ2) is 4.69. The van der Waals surface area contributed by atoms with Crippen molar-refractivity contribution in [2.45, 2.75) is 30.8 Å². The maximum atomic E-state index is 12.0. The van der Waals surface area contributed by atoms with Gasteiger partial charge in [-0.1, -0.05) is 18.2 Å². The Morgan fingerprint density at radius 3 is 2.83 bits per heavy atom. The Bertz CT molecular complexity index is 614. The number of nitrogens with zero attached hydrogens (tertiary/aromatic N) is 2. The highest BCUT2D eigenvalue weighted by Gasteiger charge is 2.23. The zero-order valence-electron chi connectivity index (χ0n) is 10.4. The number of hydrogen-bond acceptors (Lipinski definition) is 2. The van der Waals surface area contributed by atoms with Gasteiger partial charge in [0.25, 0.3) is 0 Å². The van der Waals surface area contributed by atoms with Gasteiger partial charge in [-0.2, -0.15) is 0 Å². The Kier molecular flexibility index (Phi) is 3.04. The Morgan fingerprint density at radius 1 is 1.28 bits per heavy atom. The molecule has 3 rings (SSSR count). The molecule has 94 valence electrons. The van der Waals surface area contributed by atoms with Crippen molar-refractivity contribution >= 4 is 11.8 Å². The number of imidazole rings is 1. The van der Waals surface area contributed by atoms with Gasteiger partial charge in [-0.3, -0.25) is 9.13 Å². The minimum absolute atomic E-state index is 0.104. The molecule has 0 aliphatic carbocycles. The van der Waals surface area contributed by atoms with Crippen LogP contribution in [-0.4, -0.2) is 14.9 Å². The summed E-state index contributed by atoms with van der Waals surface area (Å²) in [5, 5.41) is 0. The quantitative estimate of drug-likeness (QED) is 0.848. The van der Waals surface area contributed by atoms with E-state index in [1.165, 1.54) is 10.5 Å². The van der Waals surface area contributed by atoms with Crippen molar-refractivity contribution in [3.05, 3.63) is 52.7 Å². The molecule has 4 heteroatoms. The van der Waals surface area contributed by atoms with Gasteiger partial charge in [-0.25, -0.2) is 4.79 Å². The van der Waals surface area contributed by atoms with Crippen LogP contribution in [0.15, 0.2) is 46.3 Å². The summed E-state index contributed by atoms with van der Waals surface area (Å²) in [5.41, 5.74) is 1.49. The van der Waals surface area contributed by atoms with Gasteiger partial charge in [0, 0.05) is 42.0 Å². The Labute approximate surface area is 110 Å². The van der Waals surface area contributed by atoms with Crippen molar-refractivity contribution in [2.75, 3.05) is 5.75 Å². The zero-order chi connectivity index (χ0) is 12.5. The first kappa shape index (κ1) is 11.7. The highest BCUT2D eigenvalue weighted by atomic mass is 32.2. The average molecular weight is 260 g/mol. The fourth-order valence-corrected chi connectivity index (χ4v) is 3.69. The molecule has 0 N–H and O–H groups in total. The normalized spacial score (nSPS) is 17.9. The van der Waals surface area contributed by atoms with E-state index in [0.717, 1.165) is 18.8 Å². The second-order valence-corrected chi connectivity index (χ2v) is 5.63. The maximum Gasteiger partial charge on any atom is 0.328 e. The van der Waals surface area contributed by atoms with E-state index in [9.17, 15) is 4.79 Å². The van der Waals surface area contributed by atoms with Gasteiger partial charge in [0.1, 0.15) is 0 Å². The van der Waals surface area contributed by atoms with Crippen LogP contribution in [0.25, 0.3) is 0 Å². The summed E-state index contributed by atoms with van der Waals surface area (Å²) in [6, 6.07) is 8.51. The van der Waals surface area contributed by atoms with E-state index in [1.807, 2.05) is 35.6 Å². The first-order valence-electron chi connectivity index (χ1n) is 6.27. The summed E-state index contributed by atoms with van der Waals surface area (Å²) in [6.45, 7) is 3.52. The van der Waals surface area contributed by atoms with Crippen LogP contribution in [0.1, 0.15) is 18.4 Å². The molecule has 3 nitrogen and oxygen atoms in total. The van der Waals surface area contributed by atoms with Crippen molar-refractivity contribution in [3.8, 4) is 0 Å². The number of thioether (sulfide) groups is 1. The minimum Gasteiger partial charge on any atom is -0.300 e. The largest absolute Gasteiger partial charge is 0.328 e. The van der Waals surface area contributed by atoms with Crippen LogP contribution < -0.4 is 5.69 Å². The van der Waals surface area contributed by atoms with Gasteiger partial charge in [-0.05, 0) is 18.6 Å². The molecule has 1 atom stereocenters. The number of benzene rings is 1. The standard InChI is InChI=1S/C14H16N2OS/c1-2-15-7-8-16(14(15)17)9-11-10-18-13-6-4-3-5-12(11)13/h3-8,11H,2,9-10H2,1H3. The number of rotatable bonds is 3. The zero-order valence-corrected chi connectivity index (χ0v) is 11.2. The van der Waals surface area contributed by atoms with E-state index in [1.54, 1.807) is 4.57 Å². The molecule has 1 aromatic heterocycles. The third-order valence-electron chi connectivity index (χ3n) is 3.47. The summed E-state index contributed by atoms with van der Waals surface area (Å²) in [5.74, 6) is 1.53. The predicted octanol–water partition coefficient (Wildman–Crippen LogP) is 2.56. The molecule has 0 bridgehead atoms. The molecule has 2 aromatic rings. The van der Waals surface area contributed by atoms with Crippen molar-refractivity contribution in [1.82, 2.24) is 9.13 Å². The molecule has 0 saturated carbocycles. The average Bonchev–Trinajstić information content (AvgIpc) is 2.96. The minimum atomic E-state index is 0.104. The van der Waals surface area contributed by atoms with E-state index in [-0.39, 0.29) is 5.69 Å². The molecule has 2 heterocycles. The highest BCUT2D eigenvalue weighted by Crippen LogP contribution is 2.39. The number of aryl methyl sites for hydroxylation is 1. The van der Waals surface area contributed by atoms with Crippen LogP contribution in [0.5, 0.6) is 0 Å². The van der Waals surface area contributed by atoms with Crippen LogP contribution >= 0.6 is 11.8 Å². The summed E-state index contributed by atoms with van der Waals surface area (Å²) in [7, 11) is 0. The van der Waals surface area contributed by atoms with Gasteiger partial charge in [-0.15, -0.1) is 11.8 Å². The predicted molar refractivity (Wildman–Crippen MR) is 74.3 cm³/mol. The molecule has 1 unspecified atom stereocenters. The first-order chi connectivity index (χ1) is 8.79. The van der Waals surface area contributed by atoms with Crippen LogP contribution in [0, 0.1) is 0 Å². The fourth-order valence-electron chi connectivity index (χ4n) is 2.45. The maximum absolute atomic E-state index is 12.0. The van der Waals surface area contributed by atoms with Gasteiger partial charge in [0.2, 0.25) is 0 Å². The Balaban J connectivity index is 1.86. The molecule has 1 aliphatic rings. The van der Waals surface area contributed by atoms with Crippen LogP contribution in [0.3, 0.4) is 0 Å². The summed E-state index contributed by atoms with van der Waals surface area (Å²) >= 11 is 1.89. The van der Waals surface area contributed by atoms with E-state index < -0.39 is 0 Å². The summed E-state index contributed by atoms with van der Waals surface area (Å²) in [4.78, 5) is 13.4. The monoisotopic (exact) mass is 260 g/mol. The van der Waals surface area contributed by atoms with E-state index in [4.69, 9.17) is 0 Å². The fraction of sp³-hybridized carbons (Fsp3) is 0.357. The lowest BCUT2D eigenvalue weighted by atomic mass is 10.0. The molecule has 1 aromatic carbocycles. The van der Waals surface area contributed by atoms with Crippen molar-refractivity contribution in [1.29, 1.82) is 0 Å². The Morgan fingerprint density at radius 2 is 2.06 bits per heavy atom. The van der Waals surface area contributed by atoms with Gasteiger partial charge < -0.3 is 0 Å². The molecular formula is C14H16N2OS. The summed E-state index contributed by atoms with van der Waals surface area (Å²) in [6.07, 6.45) is 3.77. The number of fused-ring (bicyclic) bond motifs is 1. The number of hydrogen-bond donors (Lipinski definition) is 0. The molecule has 0 saturated heterocycles. The lowest BCUT2D eigenvalue weighted by molar-refractivity contribution is 0.569. The Hall–Kier alpha value is -1.42. The third-order valence-corrected chi connectivity index (χ3v) is 4.73. The van der Waals surface area contributed by atoms with E-state index in [2.05, 4.69) is 24.3 Å². The summed E-state index contributed by atoms with van der Waals surface area (Å²) < 4.78 is 3.57. The van der Waals surface area contributed by atoms with Gasteiger partial charge in [0.15, 0.2) is 0 Å². The van der Waals surface area contributed by atoms with Crippen molar-refractivity contribution < 1.29 is 0 Å². The molecule has 0 radical (unpaired) electrons. The smallest absolute Gasteiger partial charge is 0.300 e. The third kappa shape index (κ3) is 1.90. The molecule has 18 heavy (non-hydrogen) atoms. The van der Waals surface area contributed by atoms with E-state index in [0.29, 0.717) is 5.92 Å². The topological polar surface area (TPSA) is 26.9 Å². The van der Waals surface area contributed by atoms with Gasteiger partial charge in [0.05, 0.1) is 0 Å². The number of aromatic nitrogens is 2. The second-order valence-electron chi connectivity index (χ2n) is 4.56. The molecule has 0 spiro atoms. The van der Waals surface area contributed by atoms with Crippen LogP contribution in [-0.2, 0) is 13.1 Å². The van der Waals surface area contributed by atoms with Gasteiger partial charge >= 0.3 is 5.69 Å². The molecule has 1 aliphatic heterocycles. The lowest BCUT2D eigenvalue weighted by Crippen LogP contribution is -2.25. The van der Waals surface area contributed by atoms with E-state index >= 15 is 0 Å². The highest BCUT2D eigenvalue weighted by molar-refractivity contribution is 7.99.